The average molecular weight is 421 g/mol. The minimum atomic E-state index is -0.974. The van der Waals surface area contributed by atoms with E-state index in [0.29, 0.717) is 29.5 Å². The van der Waals surface area contributed by atoms with E-state index in [1.807, 2.05) is 20.8 Å². The van der Waals surface area contributed by atoms with Gasteiger partial charge in [0, 0.05) is 12.7 Å². The lowest BCUT2D eigenvalue weighted by Crippen LogP contribution is -2.19. The molecule has 0 fully saturated rings. The van der Waals surface area contributed by atoms with Gasteiger partial charge in [-0.05, 0) is 31.2 Å². The molecule has 30 heavy (non-hydrogen) atoms. The maximum atomic E-state index is 10.9. The lowest BCUT2D eigenvalue weighted by Gasteiger charge is -2.05. The van der Waals surface area contributed by atoms with E-state index in [2.05, 4.69) is 17.1 Å². The number of carboxylic acids is 1. The first kappa shape index (κ1) is 26.9. The molecule has 1 aromatic carbocycles. The lowest BCUT2D eigenvalue weighted by molar-refractivity contribution is 0.0671. The maximum Gasteiger partial charge on any atom is 0.335 e. The predicted molar refractivity (Wildman–Crippen MR) is 117 cm³/mol. The molecule has 166 valence electrons. The van der Waals surface area contributed by atoms with Gasteiger partial charge in [0.1, 0.15) is 0 Å². The van der Waals surface area contributed by atoms with E-state index in [0.717, 1.165) is 0 Å². The normalized spacial score (nSPS) is 15.1. The molecule has 1 unspecified atom stereocenters. The Hall–Kier alpha value is -3.10. The number of ether oxygens (including phenoxy) is 3. The number of rotatable bonds is 8. The minimum Gasteiger partial charge on any atom is -0.494 e. The van der Waals surface area contributed by atoms with Gasteiger partial charge in [0.2, 0.25) is 0 Å². The number of amidine groups is 1. The van der Waals surface area contributed by atoms with Crippen LogP contribution in [-0.2, 0) is 19.0 Å². The molecule has 1 heterocycles. The summed E-state index contributed by atoms with van der Waals surface area (Å²) in [6, 6.07) is 6.50. The Labute approximate surface area is 178 Å². The molecule has 1 aliphatic rings. The Bertz CT molecular complexity index is 756. The van der Waals surface area contributed by atoms with Crippen molar-refractivity contribution >= 4 is 11.8 Å². The van der Waals surface area contributed by atoms with Crippen molar-refractivity contribution in [1.29, 1.82) is 0 Å². The molecule has 8 heteroatoms. The summed E-state index contributed by atoms with van der Waals surface area (Å²) in [6.45, 7) is 9.95. The van der Waals surface area contributed by atoms with Gasteiger partial charge in [0.15, 0.2) is 23.6 Å². The fourth-order valence-electron chi connectivity index (χ4n) is 2.07. The number of benzene rings is 1. The molecule has 0 saturated carbocycles. The number of carbonyl (C=O) groups is 1. The summed E-state index contributed by atoms with van der Waals surface area (Å²) >= 11 is 0. The van der Waals surface area contributed by atoms with Gasteiger partial charge >= 0.3 is 5.97 Å². The van der Waals surface area contributed by atoms with E-state index in [9.17, 15) is 4.79 Å². The Balaban J connectivity index is 0.000000648. The second-order valence-electron chi connectivity index (χ2n) is 5.34. The van der Waals surface area contributed by atoms with E-state index in [1.54, 1.807) is 57.8 Å². The van der Waals surface area contributed by atoms with Crippen molar-refractivity contribution in [2.75, 3.05) is 27.9 Å². The Kier molecular flexibility index (Phi) is 14.1. The minimum absolute atomic E-state index is 0.209. The number of aliphatic imine (C=N–C) groups is 1. The highest BCUT2D eigenvalue weighted by Crippen LogP contribution is 2.11. The van der Waals surface area contributed by atoms with Crippen molar-refractivity contribution in [3.8, 4) is 0 Å². The molecule has 2 rings (SSSR count). The zero-order chi connectivity index (χ0) is 22.9. The molecule has 0 bridgehead atoms. The molecule has 0 aromatic heterocycles. The standard InChI is InChI=1S/C13H14N2O4.C7H12O2.C2H6/c1-18-7-3-6-11-14-12(15-19-11)9-4-2-5-10(8-9)13(16)17;1-5-7(9-4)6(2)8-3;1-2/h2-6,8,11H,7H2,1H3,(H,14,15)(H,16,17);5H,2H2,1,3-4H3;1-2H3/b6-3+;7-5+;. The van der Waals surface area contributed by atoms with Gasteiger partial charge in [-0.3, -0.25) is 0 Å². The molecule has 1 atom stereocenters. The Morgan fingerprint density at radius 1 is 1.30 bits per heavy atom. The smallest absolute Gasteiger partial charge is 0.335 e. The number of hydrogen-bond acceptors (Lipinski definition) is 7. The third-order valence-electron chi connectivity index (χ3n) is 3.48. The van der Waals surface area contributed by atoms with Gasteiger partial charge in [0.05, 0.1) is 26.4 Å². The molecule has 1 aliphatic heterocycles. The highest BCUT2D eigenvalue weighted by atomic mass is 16.7. The molecule has 1 aromatic rings. The molecule has 2 N–H and O–H groups in total. The van der Waals surface area contributed by atoms with Crippen molar-refractivity contribution in [3.05, 3.63) is 71.7 Å². The van der Waals surface area contributed by atoms with E-state index in [4.69, 9.17) is 24.2 Å². The third-order valence-corrected chi connectivity index (χ3v) is 3.48. The van der Waals surface area contributed by atoms with Crippen LogP contribution in [0.4, 0.5) is 0 Å². The van der Waals surface area contributed by atoms with E-state index in [-0.39, 0.29) is 5.56 Å². The highest BCUT2D eigenvalue weighted by Gasteiger charge is 2.17. The van der Waals surface area contributed by atoms with Crippen LogP contribution >= 0.6 is 0 Å². The molecule has 0 saturated heterocycles. The van der Waals surface area contributed by atoms with Crippen LogP contribution in [-0.4, -0.2) is 51.1 Å². The molecule has 0 aliphatic carbocycles. The zero-order valence-electron chi connectivity index (χ0n) is 18.5. The largest absolute Gasteiger partial charge is 0.494 e. The molecule has 0 amide bonds. The average Bonchev–Trinajstić information content (AvgIpc) is 3.25. The Morgan fingerprint density at radius 2 is 2.00 bits per heavy atom. The van der Waals surface area contributed by atoms with E-state index in [1.165, 1.54) is 6.07 Å². The van der Waals surface area contributed by atoms with Crippen LogP contribution in [0.15, 0.2) is 65.6 Å². The molecular formula is C22H32N2O6. The van der Waals surface area contributed by atoms with Gasteiger partial charge in [-0.15, -0.1) is 0 Å². The van der Waals surface area contributed by atoms with Crippen molar-refractivity contribution < 1.29 is 28.9 Å². The third kappa shape index (κ3) is 9.40. The van der Waals surface area contributed by atoms with E-state index < -0.39 is 12.2 Å². The van der Waals surface area contributed by atoms with Crippen LogP contribution in [0.25, 0.3) is 0 Å². The first-order valence-electron chi connectivity index (χ1n) is 9.39. The molecule has 0 spiro atoms. The molecule has 8 nitrogen and oxygen atoms in total. The fourth-order valence-corrected chi connectivity index (χ4v) is 2.07. The van der Waals surface area contributed by atoms with Crippen LogP contribution in [0, 0.1) is 0 Å². The van der Waals surface area contributed by atoms with Crippen LogP contribution in [0.3, 0.4) is 0 Å². The topological polar surface area (TPSA) is 98.6 Å². The predicted octanol–water partition coefficient (Wildman–Crippen LogP) is 3.92. The van der Waals surface area contributed by atoms with E-state index >= 15 is 0 Å². The number of aromatic carboxylic acids is 1. The van der Waals surface area contributed by atoms with Crippen LogP contribution in [0.5, 0.6) is 0 Å². The summed E-state index contributed by atoms with van der Waals surface area (Å²) < 4.78 is 14.6. The summed E-state index contributed by atoms with van der Waals surface area (Å²) in [6.07, 6.45) is 4.92. The van der Waals surface area contributed by atoms with Crippen LogP contribution in [0.1, 0.15) is 36.7 Å². The summed E-state index contributed by atoms with van der Waals surface area (Å²) in [5, 5.41) is 8.93. The fraction of sp³-hybridized carbons (Fsp3) is 0.364. The van der Waals surface area contributed by atoms with Crippen molar-refractivity contribution in [1.82, 2.24) is 5.48 Å². The SMILES string of the molecule is C=C(OC)/C(=C\C)OC.CC.COC/C=C/C1N=C(c2cccc(C(=O)O)c2)NO1. The van der Waals surface area contributed by atoms with Gasteiger partial charge in [-0.1, -0.05) is 38.6 Å². The van der Waals surface area contributed by atoms with Crippen LogP contribution in [0.2, 0.25) is 0 Å². The number of nitrogens with zero attached hydrogens (tertiary/aromatic N) is 1. The second kappa shape index (κ2) is 15.8. The van der Waals surface area contributed by atoms with Gasteiger partial charge < -0.3 is 19.3 Å². The Morgan fingerprint density at radius 3 is 2.50 bits per heavy atom. The van der Waals surface area contributed by atoms with Crippen LogP contribution < -0.4 is 5.48 Å². The molecular weight excluding hydrogens is 388 g/mol. The number of hydrogen-bond donors (Lipinski definition) is 2. The number of nitrogens with one attached hydrogen (secondary N) is 1. The summed E-state index contributed by atoms with van der Waals surface area (Å²) in [7, 11) is 4.74. The van der Waals surface area contributed by atoms with Gasteiger partial charge in [-0.25, -0.2) is 20.1 Å². The first-order chi connectivity index (χ1) is 14.5. The quantitative estimate of drug-likeness (QED) is 0.374. The summed E-state index contributed by atoms with van der Waals surface area (Å²) in [5.41, 5.74) is 3.56. The summed E-state index contributed by atoms with van der Waals surface area (Å²) in [5.74, 6) is 0.769. The summed E-state index contributed by atoms with van der Waals surface area (Å²) in [4.78, 5) is 20.4. The highest BCUT2D eigenvalue weighted by molar-refractivity contribution is 6.01. The number of hydroxylamine groups is 1. The van der Waals surface area contributed by atoms with Gasteiger partial charge in [0.25, 0.3) is 0 Å². The van der Waals surface area contributed by atoms with Crippen molar-refractivity contribution in [2.24, 2.45) is 4.99 Å². The first-order valence-corrected chi connectivity index (χ1v) is 9.39. The lowest BCUT2D eigenvalue weighted by atomic mass is 10.1. The van der Waals surface area contributed by atoms with Crippen molar-refractivity contribution in [2.45, 2.75) is 27.0 Å². The number of carboxylic acid groups (broad SMARTS) is 1. The number of allylic oxidation sites excluding steroid dienone is 1. The number of methoxy groups -OCH3 is 3. The zero-order valence-corrected chi connectivity index (χ0v) is 18.5. The molecule has 0 radical (unpaired) electrons. The maximum absolute atomic E-state index is 10.9. The van der Waals surface area contributed by atoms with Crippen molar-refractivity contribution in [3.63, 3.8) is 0 Å². The second-order valence-corrected chi connectivity index (χ2v) is 5.34. The van der Waals surface area contributed by atoms with Gasteiger partial charge in [-0.2, -0.15) is 0 Å². The monoisotopic (exact) mass is 420 g/mol.